The molecule has 0 amide bonds. The lowest BCUT2D eigenvalue weighted by atomic mass is 9.32. The van der Waals surface area contributed by atoms with Gasteiger partial charge in [0.15, 0.2) is 0 Å². The number of hydrogen-bond donors (Lipinski definition) is 2. The number of aliphatic hydroxyl groups is 2. The summed E-state index contributed by atoms with van der Waals surface area (Å²) in [7, 11) is 0. The molecule has 0 aromatic heterocycles. The maximum Gasteiger partial charge on any atom is 0.0594 e. The molecule has 5 aliphatic rings. The highest BCUT2D eigenvalue weighted by molar-refractivity contribution is 5.25. The largest absolute Gasteiger partial charge is 0.396 e. The number of hydrogen-bond acceptors (Lipinski definition) is 2. The maximum atomic E-state index is 10.9. The molecule has 0 radical (unpaired) electrons. The Hall–Kier alpha value is -0.600. The molecule has 5 saturated carbocycles. The Labute approximate surface area is 203 Å². The van der Waals surface area contributed by atoms with E-state index in [0.717, 1.165) is 12.8 Å². The van der Waals surface area contributed by atoms with E-state index in [1.54, 1.807) is 0 Å². The van der Waals surface area contributed by atoms with Gasteiger partial charge in [-0.15, -0.1) is 6.58 Å². The third kappa shape index (κ3) is 2.80. The van der Waals surface area contributed by atoms with Crippen molar-refractivity contribution in [1.82, 2.24) is 0 Å². The lowest BCUT2D eigenvalue weighted by Gasteiger charge is -2.73. The summed E-state index contributed by atoms with van der Waals surface area (Å²) >= 11 is 0. The summed E-state index contributed by atoms with van der Waals surface area (Å²) in [4.78, 5) is 0. The van der Waals surface area contributed by atoms with Crippen LogP contribution in [0.1, 0.15) is 98.8 Å². The number of rotatable bonds is 3. The Bertz CT molecular complexity index is 829. The van der Waals surface area contributed by atoms with Crippen molar-refractivity contribution in [3.8, 4) is 0 Å². The normalized spacial score (nSPS) is 55.0. The van der Waals surface area contributed by atoms with E-state index in [4.69, 9.17) is 0 Å². The Morgan fingerprint density at radius 2 is 1.64 bits per heavy atom. The summed E-state index contributed by atoms with van der Waals surface area (Å²) < 4.78 is 0. The van der Waals surface area contributed by atoms with Gasteiger partial charge in [-0.05, 0) is 128 Å². The molecule has 0 heterocycles. The molecule has 2 heteroatoms. The molecule has 3 unspecified atom stereocenters. The molecule has 0 spiro atoms. The monoisotopic (exact) mass is 454 g/mol. The van der Waals surface area contributed by atoms with E-state index in [1.165, 1.54) is 56.9 Å². The summed E-state index contributed by atoms with van der Waals surface area (Å²) in [6, 6.07) is 0. The van der Waals surface area contributed by atoms with E-state index < -0.39 is 0 Å². The summed E-state index contributed by atoms with van der Waals surface area (Å²) in [5.74, 6) is 3.01. The van der Waals surface area contributed by atoms with Crippen molar-refractivity contribution in [3.63, 3.8) is 0 Å². The van der Waals surface area contributed by atoms with Gasteiger partial charge in [0.2, 0.25) is 0 Å². The lowest BCUT2D eigenvalue weighted by Crippen LogP contribution is -2.67. The molecule has 5 rings (SSSR count). The first kappa shape index (κ1) is 24.1. The predicted octanol–water partition coefficient (Wildman–Crippen LogP) is 7.16. The van der Waals surface area contributed by atoms with E-state index in [2.05, 4.69) is 53.9 Å². The van der Waals surface area contributed by atoms with Gasteiger partial charge >= 0.3 is 0 Å². The molecule has 0 aliphatic heterocycles. The van der Waals surface area contributed by atoms with Crippen LogP contribution in [0.15, 0.2) is 24.8 Å². The molecule has 2 nitrogen and oxygen atoms in total. The average molecular weight is 455 g/mol. The van der Waals surface area contributed by atoms with Crippen molar-refractivity contribution < 1.29 is 10.2 Å². The van der Waals surface area contributed by atoms with Crippen molar-refractivity contribution in [2.45, 2.75) is 105 Å². The zero-order valence-corrected chi connectivity index (χ0v) is 22.1. The van der Waals surface area contributed by atoms with Gasteiger partial charge in [0.1, 0.15) is 0 Å². The standard InChI is InChI=1S/C31H50O2/c1-8-31-18-17-30(19-32)16-11-21(20(2)3)26(30)22(31)9-10-24-28(6)14-13-25(33)27(4,5)23(28)12-15-29(24,31)7/h8,21-26,32-33H,1-2,9-19H2,3-7H3/t21-,22+,23?,24?,25-,26?,28-,29+,30+,31+/m0/s1. The fourth-order valence-corrected chi connectivity index (χ4v) is 11.7. The van der Waals surface area contributed by atoms with E-state index in [0.29, 0.717) is 41.6 Å². The zero-order chi connectivity index (χ0) is 24.0. The van der Waals surface area contributed by atoms with Crippen LogP contribution < -0.4 is 0 Å². The summed E-state index contributed by atoms with van der Waals surface area (Å²) in [5.41, 5.74) is 2.15. The second kappa shape index (κ2) is 7.45. The first-order chi connectivity index (χ1) is 15.4. The lowest BCUT2D eigenvalue weighted by molar-refractivity contribution is -0.240. The molecule has 33 heavy (non-hydrogen) atoms. The van der Waals surface area contributed by atoms with Gasteiger partial charge in [-0.2, -0.15) is 0 Å². The topological polar surface area (TPSA) is 40.5 Å². The minimum absolute atomic E-state index is 0.00162. The van der Waals surface area contributed by atoms with Crippen LogP contribution in [0.3, 0.4) is 0 Å². The fourth-order valence-electron chi connectivity index (χ4n) is 11.7. The Balaban J connectivity index is 1.59. The second-order valence-corrected chi connectivity index (χ2v) is 14.4. The van der Waals surface area contributed by atoms with Crippen LogP contribution in [-0.2, 0) is 0 Å². The van der Waals surface area contributed by atoms with Gasteiger partial charge in [-0.25, -0.2) is 0 Å². The fraction of sp³-hybridized carbons (Fsp3) is 0.871. The minimum Gasteiger partial charge on any atom is -0.396 e. The first-order valence-corrected chi connectivity index (χ1v) is 14.0. The van der Waals surface area contributed by atoms with Crippen molar-refractivity contribution in [2.75, 3.05) is 6.61 Å². The van der Waals surface area contributed by atoms with Crippen LogP contribution in [0.4, 0.5) is 0 Å². The molecule has 5 aliphatic carbocycles. The molecule has 0 saturated heterocycles. The molecular formula is C31H50O2. The highest BCUT2D eigenvalue weighted by atomic mass is 16.3. The van der Waals surface area contributed by atoms with Crippen LogP contribution >= 0.6 is 0 Å². The van der Waals surface area contributed by atoms with Gasteiger partial charge in [-0.1, -0.05) is 45.9 Å². The van der Waals surface area contributed by atoms with E-state index in [-0.39, 0.29) is 27.8 Å². The van der Waals surface area contributed by atoms with Gasteiger partial charge in [0, 0.05) is 6.61 Å². The smallest absolute Gasteiger partial charge is 0.0594 e. The Kier molecular flexibility index (Phi) is 5.44. The number of fused-ring (bicyclic) bond motifs is 7. The van der Waals surface area contributed by atoms with Crippen molar-refractivity contribution >= 4 is 0 Å². The van der Waals surface area contributed by atoms with Crippen LogP contribution in [0.2, 0.25) is 0 Å². The Morgan fingerprint density at radius 3 is 2.27 bits per heavy atom. The molecule has 0 aromatic rings. The van der Waals surface area contributed by atoms with Gasteiger partial charge in [0.05, 0.1) is 6.10 Å². The van der Waals surface area contributed by atoms with Crippen molar-refractivity contribution in [1.29, 1.82) is 0 Å². The van der Waals surface area contributed by atoms with Crippen LogP contribution in [0, 0.1) is 56.7 Å². The summed E-state index contributed by atoms with van der Waals surface area (Å²) in [6.07, 6.45) is 14.1. The van der Waals surface area contributed by atoms with Crippen molar-refractivity contribution in [2.24, 2.45) is 56.7 Å². The van der Waals surface area contributed by atoms with E-state index in [1.807, 2.05) is 0 Å². The molecular weight excluding hydrogens is 404 g/mol. The third-order valence-electron chi connectivity index (χ3n) is 13.4. The van der Waals surface area contributed by atoms with Crippen LogP contribution in [0.5, 0.6) is 0 Å². The van der Waals surface area contributed by atoms with Crippen LogP contribution in [0.25, 0.3) is 0 Å². The van der Waals surface area contributed by atoms with Gasteiger partial charge < -0.3 is 10.2 Å². The molecule has 2 N–H and O–H groups in total. The molecule has 186 valence electrons. The second-order valence-electron chi connectivity index (χ2n) is 14.4. The van der Waals surface area contributed by atoms with Gasteiger partial charge in [-0.3, -0.25) is 0 Å². The maximum absolute atomic E-state index is 10.9. The highest BCUT2D eigenvalue weighted by Gasteiger charge is 2.71. The SMILES string of the molecule is C=C[C@@]12CC[C@@]3(CO)CC[C@@H](C(=C)C)C3[C@H]1CCC1[C@@]3(C)CC[C@H](O)C(C)(C)C3CC[C@]12C. The minimum atomic E-state index is -0.167. The molecule has 0 aromatic carbocycles. The summed E-state index contributed by atoms with van der Waals surface area (Å²) in [5, 5.41) is 21.6. The zero-order valence-electron chi connectivity index (χ0n) is 22.1. The van der Waals surface area contributed by atoms with E-state index >= 15 is 0 Å². The predicted molar refractivity (Wildman–Crippen MR) is 137 cm³/mol. The van der Waals surface area contributed by atoms with Gasteiger partial charge in [0.25, 0.3) is 0 Å². The quantitative estimate of drug-likeness (QED) is 0.444. The number of allylic oxidation sites excluding steroid dienone is 2. The van der Waals surface area contributed by atoms with Crippen LogP contribution in [-0.4, -0.2) is 22.9 Å². The average Bonchev–Trinajstić information content (AvgIpc) is 3.17. The Morgan fingerprint density at radius 1 is 0.909 bits per heavy atom. The first-order valence-electron chi connectivity index (χ1n) is 14.0. The highest BCUT2D eigenvalue weighted by Crippen LogP contribution is 2.77. The molecule has 10 atom stereocenters. The molecule has 0 bridgehead atoms. The molecule has 5 fully saturated rings. The number of aliphatic hydroxyl groups excluding tert-OH is 2. The summed E-state index contributed by atoms with van der Waals surface area (Å²) in [6.45, 7) is 21.5. The third-order valence-corrected chi connectivity index (χ3v) is 13.4. The van der Waals surface area contributed by atoms with Crippen molar-refractivity contribution in [3.05, 3.63) is 24.8 Å². The van der Waals surface area contributed by atoms with E-state index in [9.17, 15) is 10.2 Å².